The Bertz CT molecular complexity index is 578. The number of ether oxygens (including phenoxy) is 2. The molecule has 20 heavy (non-hydrogen) atoms. The maximum Gasteiger partial charge on any atom is 0.344 e. The molecular weight excluding hydrogens is 280 g/mol. The number of rotatable bonds is 5. The summed E-state index contributed by atoms with van der Waals surface area (Å²) in [6, 6.07) is 13.7. The van der Waals surface area contributed by atoms with Crippen LogP contribution >= 0.6 is 11.6 Å². The van der Waals surface area contributed by atoms with Crippen molar-refractivity contribution >= 4 is 17.6 Å². The summed E-state index contributed by atoms with van der Waals surface area (Å²) in [7, 11) is 0. The highest BCUT2D eigenvalue weighted by molar-refractivity contribution is 6.30. The molecule has 0 bridgehead atoms. The molecule has 4 nitrogen and oxygen atoms in total. The Hall–Kier alpha value is -2.20. The third-order valence-corrected chi connectivity index (χ3v) is 2.79. The number of carboxylic acids is 1. The monoisotopic (exact) mass is 292 g/mol. The topological polar surface area (TPSA) is 55.8 Å². The van der Waals surface area contributed by atoms with Gasteiger partial charge in [-0.25, -0.2) is 4.79 Å². The van der Waals surface area contributed by atoms with Crippen LogP contribution in [0.3, 0.4) is 0 Å². The van der Waals surface area contributed by atoms with Crippen molar-refractivity contribution in [1.82, 2.24) is 0 Å². The van der Waals surface area contributed by atoms with Gasteiger partial charge in [-0.1, -0.05) is 11.6 Å². The molecule has 2 aromatic rings. The number of benzene rings is 2. The van der Waals surface area contributed by atoms with Crippen LogP contribution in [0.5, 0.6) is 17.2 Å². The Labute approximate surface area is 121 Å². The highest BCUT2D eigenvalue weighted by Crippen LogP contribution is 2.25. The van der Waals surface area contributed by atoms with E-state index in [4.69, 9.17) is 26.2 Å². The van der Waals surface area contributed by atoms with Crippen molar-refractivity contribution in [3.63, 3.8) is 0 Å². The summed E-state index contributed by atoms with van der Waals surface area (Å²) < 4.78 is 10.8. The average Bonchev–Trinajstić information content (AvgIpc) is 2.43. The van der Waals surface area contributed by atoms with Crippen molar-refractivity contribution in [3.05, 3.63) is 53.6 Å². The molecule has 0 aliphatic carbocycles. The fourth-order valence-electron chi connectivity index (χ4n) is 1.48. The first-order valence-corrected chi connectivity index (χ1v) is 6.35. The lowest BCUT2D eigenvalue weighted by Gasteiger charge is -2.11. The second kappa shape index (κ2) is 6.30. The van der Waals surface area contributed by atoms with Crippen LogP contribution < -0.4 is 9.47 Å². The Balaban J connectivity index is 2.01. The SMILES string of the molecule is C[C@@H](Oc1ccc(Oc2ccc(Cl)cc2)cc1)C(=O)O. The van der Waals surface area contributed by atoms with Crippen LogP contribution in [-0.4, -0.2) is 17.2 Å². The molecule has 5 heteroatoms. The van der Waals surface area contributed by atoms with Crippen molar-refractivity contribution in [2.75, 3.05) is 0 Å². The summed E-state index contributed by atoms with van der Waals surface area (Å²) in [6.07, 6.45) is -0.891. The van der Waals surface area contributed by atoms with Crippen LogP contribution in [0.25, 0.3) is 0 Å². The summed E-state index contributed by atoms with van der Waals surface area (Å²) in [6.45, 7) is 1.47. The van der Waals surface area contributed by atoms with Crippen LogP contribution in [0, 0.1) is 0 Å². The number of carbonyl (C=O) groups is 1. The van der Waals surface area contributed by atoms with Crippen LogP contribution in [-0.2, 0) is 4.79 Å². The predicted octanol–water partition coefficient (Wildman–Crippen LogP) is 3.98. The highest BCUT2D eigenvalue weighted by atomic mass is 35.5. The highest BCUT2D eigenvalue weighted by Gasteiger charge is 2.12. The van der Waals surface area contributed by atoms with Crippen LogP contribution in [0.1, 0.15) is 6.92 Å². The number of hydrogen-bond acceptors (Lipinski definition) is 3. The fourth-order valence-corrected chi connectivity index (χ4v) is 1.61. The Morgan fingerprint density at radius 1 is 1.00 bits per heavy atom. The molecule has 1 atom stereocenters. The quantitative estimate of drug-likeness (QED) is 0.905. The van der Waals surface area contributed by atoms with E-state index in [0.717, 1.165) is 0 Å². The summed E-state index contributed by atoms with van der Waals surface area (Å²) in [5.41, 5.74) is 0. The molecule has 2 aromatic carbocycles. The molecule has 0 spiro atoms. The first-order chi connectivity index (χ1) is 9.54. The molecule has 0 aliphatic heterocycles. The van der Waals surface area contributed by atoms with Gasteiger partial charge in [0.1, 0.15) is 17.2 Å². The van der Waals surface area contributed by atoms with E-state index in [-0.39, 0.29) is 0 Å². The van der Waals surface area contributed by atoms with Crippen molar-refractivity contribution in [2.45, 2.75) is 13.0 Å². The van der Waals surface area contributed by atoms with Gasteiger partial charge in [-0.15, -0.1) is 0 Å². The maximum absolute atomic E-state index is 10.7. The van der Waals surface area contributed by atoms with E-state index in [1.807, 2.05) is 0 Å². The van der Waals surface area contributed by atoms with Crippen molar-refractivity contribution in [2.24, 2.45) is 0 Å². The second-order valence-electron chi connectivity index (χ2n) is 4.13. The van der Waals surface area contributed by atoms with Gasteiger partial charge in [-0.2, -0.15) is 0 Å². The zero-order valence-corrected chi connectivity index (χ0v) is 11.5. The van der Waals surface area contributed by atoms with Crippen LogP contribution in [0.2, 0.25) is 5.02 Å². The third kappa shape index (κ3) is 3.90. The number of hydrogen-bond donors (Lipinski definition) is 1. The standard InChI is InChI=1S/C15H13ClO4/c1-10(15(17)18)19-12-6-8-14(9-7-12)20-13-4-2-11(16)3-5-13/h2-10H,1H3,(H,17,18)/t10-/m1/s1. The molecule has 0 aliphatic rings. The molecule has 0 saturated heterocycles. The molecule has 104 valence electrons. The molecular formula is C15H13ClO4. The fraction of sp³-hybridized carbons (Fsp3) is 0.133. The van der Waals surface area contributed by atoms with Crippen molar-refractivity contribution in [1.29, 1.82) is 0 Å². The first-order valence-electron chi connectivity index (χ1n) is 5.97. The van der Waals surface area contributed by atoms with Gasteiger partial charge in [-0.3, -0.25) is 0 Å². The number of halogens is 1. The molecule has 0 amide bonds. The van der Waals surface area contributed by atoms with Gasteiger partial charge in [-0.05, 0) is 55.5 Å². The van der Waals surface area contributed by atoms with E-state index in [1.165, 1.54) is 6.92 Å². The Kier molecular flexibility index (Phi) is 4.48. The van der Waals surface area contributed by atoms with Gasteiger partial charge in [0.15, 0.2) is 6.10 Å². The normalized spacial score (nSPS) is 11.7. The minimum atomic E-state index is -1.01. The first kappa shape index (κ1) is 14.2. The average molecular weight is 293 g/mol. The van der Waals surface area contributed by atoms with Crippen LogP contribution in [0.15, 0.2) is 48.5 Å². The van der Waals surface area contributed by atoms with Crippen molar-refractivity contribution < 1.29 is 19.4 Å². The summed E-state index contributed by atoms with van der Waals surface area (Å²) in [4.78, 5) is 10.7. The summed E-state index contributed by atoms with van der Waals surface area (Å²) in [5, 5.41) is 9.40. The predicted molar refractivity (Wildman–Crippen MR) is 75.7 cm³/mol. The minimum Gasteiger partial charge on any atom is -0.479 e. The molecule has 2 rings (SSSR count). The zero-order valence-electron chi connectivity index (χ0n) is 10.7. The number of aliphatic carboxylic acids is 1. The van der Waals surface area contributed by atoms with E-state index in [2.05, 4.69) is 0 Å². The van der Waals surface area contributed by atoms with Gasteiger partial charge in [0.2, 0.25) is 0 Å². The smallest absolute Gasteiger partial charge is 0.344 e. The van der Waals surface area contributed by atoms with E-state index in [9.17, 15) is 4.79 Å². The van der Waals surface area contributed by atoms with Gasteiger partial charge < -0.3 is 14.6 Å². The van der Waals surface area contributed by atoms with E-state index in [1.54, 1.807) is 48.5 Å². The number of carboxylic acid groups (broad SMARTS) is 1. The minimum absolute atomic E-state index is 0.475. The Morgan fingerprint density at radius 2 is 1.45 bits per heavy atom. The van der Waals surface area contributed by atoms with Gasteiger partial charge in [0.25, 0.3) is 0 Å². The Morgan fingerprint density at radius 3 is 1.95 bits per heavy atom. The van der Waals surface area contributed by atoms with Crippen molar-refractivity contribution in [3.8, 4) is 17.2 Å². The summed E-state index contributed by atoms with van der Waals surface area (Å²) in [5.74, 6) is 0.763. The lowest BCUT2D eigenvalue weighted by atomic mass is 10.3. The lowest BCUT2D eigenvalue weighted by Crippen LogP contribution is -2.22. The van der Waals surface area contributed by atoms with E-state index >= 15 is 0 Å². The van der Waals surface area contributed by atoms with Gasteiger partial charge in [0.05, 0.1) is 0 Å². The maximum atomic E-state index is 10.7. The van der Waals surface area contributed by atoms with Gasteiger partial charge in [0, 0.05) is 5.02 Å². The molecule has 0 heterocycles. The largest absolute Gasteiger partial charge is 0.479 e. The van der Waals surface area contributed by atoms with Crippen LogP contribution in [0.4, 0.5) is 0 Å². The molecule has 0 saturated carbocycles. The lowest BCUT2D eigenvalue weighted by molar-refractivity contribution is -0.144. The molecule has 0 unspecified atom stereocenters. The molecule has 0 aromatic heterocycles. The molecule has 0 fully saturated rings. The molecule has 0 radical (unpaired) electrons. The third-order valence-electron chi connectivity index (χ3n) is 2.53. The van der Waals surface area contributed by atoms with E-state index < -0.39 is 12.1 Å². The van der Waals surface area contributed by atoms with E-state index in [0.29, 0.717) is 22.3 Å². The zero-order chi connectivity index (χ0) is 14.5. The summed E-state index contributed by atoms with van der Waals surface area (Å²) >= 11 is 5.79. The van der Waals surface area contributed by atoms with Gasteiger partial charge >= 0.3 is 5.97 Å². The second-order valence-corrected chi connectivity index (χ2v) is 4.56. The molecule has 1 N–H and O–H groups in total.